The van der Waals surface area contributed by atoms with Crippen molar-refractivity contribution < 1.29 is 13.2 Å². The second-order valence-electron chi connectivity index (χ2n) is 8.02. The Morgan fingerprint density at radius 2 is 1.97 bits per heavy atom. The molecule has 0 saturated carbocycles. The zero-order chi connectivity index (χ0) is 22.5. The number of imidazole rings is 1. The smallest absolute Gasteiger partial charge is 0.335 e. The Bertz CT molecular complexity index is 1220. The largest absolute Gasteiger partial charge is 0.434 e. The Hall–Kier alpha value is -3.34. The van der Waals surface area contributed by atoms with E-state index in [2.05, 4.69) is 50.1 Å². The van der Waals surface area contributed by atoms with Crippen LogP contribution >= 0.6 is 0 Å². The monoisotopic (exact) mass is 442 g/mol. The number of aromatic nitrogens is 5. The number of rotatable bonds is 3. The molecule has 3 aromatic heterocycles. The van der Waals surface area contributed by atoms with E-state index >= 15 is 0 Å². The maximum atomic E-state index is 13.2. The van der Waals surface area contributed by atoms with Crippen molar-refractivity contribution >= 4 is 17.8 Å². The number of fused-ring (bicyclic) bond motifs is 1. The topological polar surface area (TPSA) is 83.6 Å². The maximum absolute atomic E-state index is 13.2. The normalized spacial score (nSPS) is 23.7. The second-order valence-corrected chi connectivity index (χ2v) is 8.02. The van der Waals surface area contributed by atoms with E-state index in [-0.39, 0.29) is 18.1 Å². The van der Waals surface area contributed by atoms with Crippen molar-refractivity contribution in [2.24, 2.45) is 4.99 Å². The summed E-state index contributed by atoms with van der Waals surface area (Å²) < 4.78 is 40.8. The average molecular weight is 442 g/mol. The van der Waals surface area contributed by atoms with Crippen LogP contribution in [-0.2, 0) is 6.18 Å². The molecule has 0 spiro atoms. The summed E-state index contributed by atoms with van der Waals surface area (Å²) in [5.74, 6) is 0.518. The molecule has 1 N–H and O–H groups in total. The van der Waals surface area contributed by atoms with Gasteiger partial charge in [-0.15, -0.1) is 0 Å². The summed E-state index contributed by atoms with van der Waals surface area (Å²) in [5.41, 5.74) is 1.38. The van der Waals surface area contributed by atoms with Gasteiger partial charge in [0.1, 0.15) is 0 Å². The summed E-state index contributed by atoms with van der Waals surface area (Å²) >= 11 is 0. The molecule has 0 aromatic carbocycles. The van der Waals surface area contributed by atoms with Gasteiger partial charge in [0.15, 0.2) is 11.3 Å². The van der Waals surface area contributed by atoms with Gasteiger partial charge in [0.2, 0.25) is 5.95 Å². The Morgan fingerprint density at radius 3 is 2.72 bits per heavy atom. The molecule has 11 heteroatoms. The number of halogens is 3. The van der Waals surface area contributed by atoms with E-state index in [1.807, 2.05) is 6.21 Å². The third-order valence-electron chi connectivity index (χ3n) is 5.79. The molecule has 0 radical (unpaired) electrons. The number of hydrogen-bond acceptors (Lipinski definition) is 7. The highest BCUT2D eigenvalue weighted by Gasteiger charge is 2.35. The zero-order valence-corrected chi connectivity index (χ0v) is 17.5. The predicted molar refractivity (Wildman–Crippen MR) is 114 cm³/mol. The minimum atomic E-state index is -4.55. The minimum absolute atomic E-state index is 0.0560. The molecule has 5 rings (SSSR count). The number of piperazine rings is 1. The van der Waals surface area contributed by atoms with E-state index in [9.17, 15) is 13.2 Å². The lowest BCUT2D eigenvalue weighted by Crippen LogP contribution is -2.61. The van der Waals surface area contributed by atoms with Crippen LogP contribution in [0.4, 0.5) is 19.1 Å². The van der Waals surface area contributed by atoms with E-state index in [1.165, 1.54) is 10.6 Å². The van der Waals surface area contributed by atoms with E-state index in [4.69, 9.17) is 4.98 Å². The standard InChI is InChI=1S/C21H21F3N8/c1-12-10-31(13(2)19(29-12)14-3-5-25-7-14)20-26-6-4-15(30-20)16-8-28-18-9-27-17(11-32(16)18)21(22,23)24/h3-4,6-9,11-13,19,29H,5,10H2,1-2H3. The van der Waals surface area contributed by atoms with Crippen LogP contribution in [-0.4, -0.2) is 61.8 Å². The first kappa shape index (κ1) is 20.6. The Kier molecular flexibility index (Phi) is 4.92. The van der Waals surface area contributed by atoms with Crippen LogP contribution in [0.2, 0.25) is 0 Å². The highest BCUT2D eigenvalue weighted by molar-refractivity contribution is 5.83. The van der Waals surface area contributed by atoms with Gasteiger partial charge in [-0.1, -0.05) is 6.08 Å². The molecule has 2 aliphatic heterocycles. The third-order valence-corrected chi connectivity index (χ3v) is 5.79. The van der Waals surface area contributed by atoms with Gasteiger partial charge in [-0.3, -0.25) is 9.39 Å². The van der Waals surface area contributed by atoms with Crippen LogP contribution in [0.15, 0.2) is 47.5 Å². The quantitative estimate of drug-likeness (QED) is 0.672. The molecule has 3 aromatic rings. The fourth-order valence-electron chi connectivity index (χ4n) is 4.21. The van der Waals surface area contributed by atoms with Crippen molar-refractivity contribution in [3.05, 3.63) is 48.2 Å². The van der Waals surface area contributed by atoms with Crippen molar-refractivity contribution in [2.75, 3.05) is 18.0 Å². The summed E-state index contributed by atoms with van der Waals surface area (Å²) in [7, 11) is 0. The van der Waals surface area contributed by atoms with Gasteiger partial charge in [-0.05, 0) is 25.5 Å². The SMILES string of the molecule is CC1CN(c2nccc(-c3cnc4cnc(C(F)(F)F)cn34)n2)C(C)C(C2=CCN=C2)N1. The van der Waals surface area contributed by atoms with Crippen LogP contribution in [0, 0.1) is 0 Å². The summed E-state index contributed by atoms with van der Waals surface area (Å²) in [6.45, 7) is 5.57. The molecule has 3 atom stereocenters. The Balaban J connectivity index is 1.52. The van der Waals surface area contributed by atoms with Crippen LogP contribution in [0.1, 0.15) is 19.5 Å². The van der Waals surface area contributed by atoms with E-state index < -0.39 is 11.9 Å². The van der Waals surface area contributed by atoms with Gasteiger partial charge in [-0.2, -0.15) is 13.2 Å². The highest BCUT2D eigenvalue weighted by Crippen LogP contribution is 2.29. The number of nitrogens with one attached hydrogen (secondary N) is 1. The Labute approximate surface area is 181 Å². The number of nitrogens with zero attached hydrogens (tertiary/aromatic N) is 7. The van der Waals surface area contributed by atoms with E-state index in [1.54, 1.807) is 12.3 Å². The summed E-state index contributed by atoms with van der Waals surface area (Å²) in [5, 5.41) is 3.61. The van der Waals surface area contributed by atoms with Crippen LogP contribution in [0.5, 0.6) is 0 Å². The number of aliphatic imine (C=N–C) groups is 1. The molecule has 166 valence electrons. The molecule has 5 heterocycles. The molecule has 8 nitrogen and oxygen atoms in total. The molecule has 2 aliphatic rings. The van der Waals surface area contributed by atoms with Crippen molar-refractivity contribution in [1.82, 2.24) is 29.7 Å². The van der Waals surface area contributed by atoms with Gasteiger partial charge in [-0.25, -0.2) is 19.9 Å². The second kappa shape index (κ2) is 7.66. The molecule has 1 saturated heterocycles. The first-order valence-electron chi connectivity index (χ1n) is 10.3. The van der Waals surface area contributed by atoms with Gasteiger partial charge in [0.25, 0.3) is 0 Å². The summed E-state index contributed by atoms with van der Waals surface area (Å²) in [6.07, 6.45) is 4.61. The average Bonchev–Trinajstić information content (AvgIpc) is 3.44. The highest BCUT2D eigenvalue weighted by atomic mass is 19.4. The maximum Gasteiger partial charge on any atom is 0.434 e. The first-order valence-corrected chi connectivity index (χ1v) is 10.3. The summed E-state index contributed by atoms with van der Waals surface area (Å²) in [6, 6.07) is 1.99. The fourth-order valence-corrected chi connectivity index (χ4v) is 4.21. The molecule has 1 fully saturated rings. The lowest BCUT2D eigenvalue weighted by Gasteiger charge is -2.43. The van der Waals surface area contributed by atoms with Crippen molar-refractivity contribution in [3.63, 3.8) is 0 Å². The van der Waals surface area contributed by atoms with E-state index in [0.717, 1.165) is 18.0 Å². The predicted octanol–water partition coefficient (Wildman–Crippen LogP) is 2.77. The van der Waals surface area contributed by atoms with Crippen molar-refractivity contribution in [2.45, 2.75) is 38.1 Å². The first-order chi connectivity index (χ1) is 15.3. The van der Waals surface area contributed by atoms with Crippen LogP contribution in [0.3, 0.4) is 0 Å². The molecule has 0 amide bonds. The van der Waals surface area contributed by atoms with E-state index in [0.29, 0.717) is 36.1 Å². The lowest BCUT2D eigenvalue weighted by molar-refractivity contribution is -0.141. The molecular formula is C21H21F3N8. The number of hydrogen-bond donors (Lipinski definition) is 1. The number of anilines is 1. The van der Waals surface area contributed by atoms with Gasteiger partial charge in [0.05, 0.1) is 36.4 Å². The minimum Gasteiger partial charge on any atom is -0.335 e. The van der Waals surface area contributed by atoms with Gasteiger partial charge in [0, 0.05) is 37.2 Å². The molecule has 32 heavy (non-hydrogen) atoms. The zero-order valence-electron chi connectivity index (χ0n) is 17.5. The van der Waals surface area contributed by atoms with Crippen molar-refractivity contribution in [1.29, 1.82) is 0 Å². The van der Waals surface area contributed by atoms with Gasteiger partial charge >= 0.3 is 6.18 Å². The summed E-state index contributed by atoms with van der Waals surface area (Å²) in [4.78, 5) is 23.2. The Morgan fingerprint density at radius 1 is 1.12 bits per heavy atom. The number of alkyl halides is 3. The lowest BCUT2D eigenvalue weighted by atomic mass is 9.96. The molecule has 3 unspecified atom stereocenters. The molecule has 0 aliphatic carbocycles. The third kappa shape index (κ3) is 3.62. The fraction of sp³-hybridized carbons (Fsp3) is 0.381. The van der Waals surface area contributed by atoms with Crippen LogP contribution in [0.25, 0.3) is 17.0 Å². The van der Waals surface area contributed by atoms with Gasteiger partial charge < -0.3 is 10.2 Å². The van der Waals surface area contributed by atoms with Crippen LogP contribution < -0.4 is 10.2 Å². The van der Waals surface area contributed by atoms with Crippen molar-refractivity contribution in [3.8, 4) is 11.4 Å². The molecular weight excluding hydrogens is 421 g/mol. The molecule has 0 bridgehead atoms.